The molecule has 0 heterocycles. The first-order chi connectivity index (χ1) is 9.63. The van der Waals surface area contributed by atoms with Crippen LogP contribution in [0.5, 0.6) is 5.75 Å². The number of benzene rings is 2. The highest BCUT2D eigenvalue weighted by Crippen LogP contribution is 2.21. The van der Waals surface area contributed by atoms with Gasteiger partial charge in [-0.1, -0.05) is 12.1 Å². The van der Waals surface area contributed by atoms with Gasteiger partial charge in [0.05, 0.1) is 7.11 Å². The number of rotatable bonds is 4. The van der Waals surface area contributed by atoms with E-state index in [0.29, 0.717) is 17.7 Å². The summed E-state index contributed by atoms with van der Waals surface area (Å²) < 4.78 is 18.4. The summed E-state index contributed by atoms with van der Waals surface area (Å²) in [6.07, 6.45) is 0.470. The van der Waals surface area contributed by atoms with Crippen molar-refractivity contribution in [3.05, 3.63) is 65.0 Å². The molecule has 2 aromatic carbocycles. The van der Waals surface area contributed by atoms with Gasteiger partial charge in [-0.15, -0.1) is 0 Å². The number of hydrogen-bond acceptors (Lipinski definition) is 2. The van der Waals surface area contributed by atoms with Crippen LogP contribution in [-0.2, 0) is 6.42 Å². The van der Waals surface area contributed by atoms with Crippen LogP contribution in [-0.4, -0.2) is 20.1 Å². The molecule has 2 rings (SSSR count). The number of methoxy groups -OCH3 is 1. The maximum absolute atomic E-state index is 13.2. The molecule has 0 unspecified atom stereocenters. The lowest BCUT2D eigenvalue weighted by atomic mass is 9.99. The SMILES string of the molecule is CNC(=O)c1ccc(OC)cc1Cc1cccc(F)c1. The van der Waals surface area contributed by atoms with E-state index in [1.54, 1.807) is 38.4 Å². The van der Waals surface area contributed by atoms with Crippen molar-refractivity contribution < 1.29 is 13.9 Å². The number of ether oxygens (including phenoxy) is 1. The highest BCUT2D eigenvalue weighted by Gasteiger charge is 2.12. The van der Waals surface area contributed by atoms with E-state index in [4.69, 9.17) is 4.74 Å². The van der Waals surface area contributed by atoms with Crippen LogP contribution in [0.1, 0.15) is 21.5 Å². The Kier molecular flexibility index (Phi) is 4.35. The maximum Gasteiger partial charge on any atom is 0.251 e. The fourth-order valence-corrected chi connectivity index (χ4v) is 2.07. The highest BCUT2D eigenvalue weighted by atomic mass is 19.1. The molecule has 0 bridgehead atoms. The Bertz CT molecular complexity index is 626. The van der Waals surface area contributed by atoms with Crippen molar-refractivity contribution >= 4 is 5.91 Å². The molecule has 1 amide bonds. The topological polar surface area (TPSA) is 38.3 Å². The number of nitrogens with one attached hydrogen (secondary N) is 1. The molecule has 0 aromatic heterocycles. The Hall–Kier alpha value is -2.36. The van der Waals surface area contributed by atoms with Crippen molar-refractivity contribution in [2.75, 3.05) is 14.2 Å². The zero-order valence-electron chi connectivity index (χ0n) is 11.4. The molecule has 20 heavy (non-hydrogen) atoms. The summed E-state index contributed by atoms with van der Waals surface area (Å²) in [6, 6.07) is 11.6. The van der Waals surface area contributed by atoms with Crippen LogP contribution in [0.25, 0.3) is 0 Å². The van der Waals surface area contributed by atoms with Gasteiger partial charge in [-0.3, -0.25) is 4.79 Å². The first kappa shape index (κ1) is 14.1. The number of carbonyl (C=O) groups excluding carboxylic acids is 1. The summed E-state index contributed by atoms with van der Waals surface area (Å²) in [6.45, 7) is 0. The second-order valence-corrected chi connectivity index (χ2v) is 4.41. The van der Waals surface area contributed by atoms with Crippen molar-refractivity contribution in [3.8, 4) is 5.75 Å². The molecule has 0 aliphatic heterocycles. The zero-order chi connectivity index (χ0) is 14.5. The highest BCUT2D eigenvalue weighted by molar-refractivity contribution is 5.95. The lowest BCUT2D eigenvalue weighted by Crippen LogP contribution is -2.19. The molecule has 1 N–H and O–H groups in total. The Labute approximate surface area is 117 Å². The number of carbonyl (C=O) groups is 1. The van der Waals surface area contributed by atoms with Crippen LogP contribution in [0.15, 0.2) is 42.5 Å². The largest absolute Gasteiger partial charge is 0.497 e. The van der Waals surface area contributed by atoms with Gasteiger partial charge in [-0.2, -0.15) is 0 Å². The van der Waals surface area contributed by atoms with Crippen LogP contribution < -0.4 is 10.1 Å². The third kappa shape index (κ3) is 3.15. The molecule has 0 saturated carbocycles. The predicted molar refractivity (Wildman–Crippen MR) is 75.6 cm³/mol. The summed E-state index contributed by atoms with van der Waals surface area (Å²) in [5, 5.41) is 2.60. The van der Waals surface area contributed by atoms with E-state index < -0.39 is 0 Å². The number of amides is 1. The van der Waals surface area contributed by atoms with Gasteiger partial charge in [0.2, 0.25) is 0 Å². The maximum atomic E-state index is 13.2. The molecule has 0 atom stereocenters. The number of halogens is 1. The van der Waals surface area contributed by atoms with Gasteiger partial charge in [0.1, 0.15) is 11.6 Å². The van der Waals surface area contributed by atoms with Crippen molar-refractivity contribution in [1.29, 1.82) is 0 Å². The Morgan fingerprint density at radius 1 is 1.25 bits per heavy atom. The smallest absolute Gasteiger partial charge is 0.251 e. The molecule has 0 aliphatic rings. The first-order valence-corrected chi connectivity index (χ1v) is 6.27. The Morgan fingerprint density at radius 2 is 2.05 bits per heavy atom. The lowest BCUT2D eigenvalue weighted by Gasteiger charge is -2.11. The van der Waals surface area contributed by atoms with Gasteiger partial charge in [-0.05, 0) is 47.9 Å². The minimum absolute atomic E-state index is 0.168. The summed E-state index contributed by atoms with van der Waals surface area (Å²) in [4.78, 5) is 11.9. The van der Waals surface area contributed by atoms with E-state index in [0.717, 1.165) is 11.1 Å². The molecule has 0 aliphatic carbocycles. The minimum atomic E-state index is -0.285. The van der Waals surface area contributed by atoms with Crippen molar-refractivity contribution in [1.82, 2.24) is 5.32 Å². The van der Waals surface area contributed by atoms with Crippen molar-refractivity contribution in [2.24, 2.45) is 0 Å². The van der Waals surface area contributed by atoms with Crippen LogP contribution in [0, 0.1) is 5.82 Å². The minimum Gasteiger partial charge on any atom is -0.497 e. The summed E-state index contributed by atoms with van der Waals surface area (Å²) in [5.41, 5.74) is 2.18. The van der Waals surface area contributed by atoms with Crippen LogP contribution in [0.2, 0.25) is 0 Å². The quantitative estimate of drug-likeness (QED) is 0.930. The van der Waals surface area contributed by atoms with Crippen LogP contribution in [0.3, 0.4) is 0 Å². The number of hydrogen-bond donors (Lipinski definition) is 1. The van der Waals surface area contributed by atoms with E-state index in [1.165, 1.54) is 12.1 Å². The summed E-state index contributed by atoms with van der Waals surface area (Å²) in [5.74, 6) is 0.218. The van der Waals surface area contributed by atoms with Crippen molar-refractivity contribution in [3.63, 3.8) is 0 Å². The molecular weight excluding hydrogens is 257 g/mol. The van der Waals surface area contributed by atoms with Crippen molar-refractivity contribution in [2.45, 2.75) is 6.42 Å². The molecule has 104 valence electrons. The Balaban J connectivity index is 2.39. The summed E-state index contributed by atoms with van der Waals surface area (Å²) in [7, 11) is 3.15. The predicted octanol–water partition coefficient (Wildman–Crippen LogP) is 2.78. The fourth-order valence-electron chi connectivity index (χ4n) is 2.07. The van der Waals surface area contributed by atoms with Gasteiger partial charge in [0.15, 0.2) is 0 Å². The molecule has 0 fully saturated rings. The molecule has 0 saturated heterocycles. The van der Waals surface area contributed by atoms with Gasteiger partial charge in [0, 0.05) is 12.6 Å². The third-order valence-electron chi connectivity index (χ3n) is 3.07. The zero-order valence-corrected chi connectivity index (χ0v) is 11.4. The Morgan fingerprint density at radius 3 is 2.70 bits per heavy atom. The second-order valence-electron chi connectivity index (χ2n) is 4.41. The van der Waals surface area contributed by atoms with E-state index in [9.17, 15) is 9.18 Å². The van der Waals surface area contributed by atoms with Gasteiger partial charge >= 0.3 is 0 Å². The van der Waals surface area contributed by atoms with E-state index >= 15 is 0 Å². The third-order valence-corrected chi connectivity index (χ3v) is 3.07. The van der Waals surface area contributed by atoms with Gasteiger partial charge < -0.3 is 10.1 Å². The molecular formula is C16H16FNO2. The molecule has 4 heteroatoms. The lowest BCUT2D eigenvalue weighted by molar-refractivity contribution is 0.0962. The standard InChI is InChI=1S/C16H16FNO2/c1-18-16(19)15-7-6-14(20-2)10-12(15)8-11-4-3-5-13(17)9-11/h3-7,9-10H,8H2,1-2H3,(H,18,19). The normalized spacial score (nSPS) is 10.2. The fraction of sp³-hybridized carbons (Fsp3) is 0.188. The summed E-state index contributed by atoms with van der Waals surface area (Å²) >= 11 is 0. The van der Waals surface area contributed by atoms with Gasteiger partial charge in [0.25, 0.3) is 5.91 Å². The molecule has 0 radical (unpaired) electrons. The van der Waals surface area contributed by atoms with E-state index in [2.05, 4.69) is 5.32 Å². The molecule has 0 spiro atoms. The molecule has 3 nitrogen and oxygen atoms in total. The van der Waals surface area contributed by atoms with Crippen LogP contribution in [0.4, 0.5) is 4.39 Å². The average Bonchev–Trinajstić information content (AvgIpc) is 2.46. The first-order valence-electron chi connectivity index (χ1n) is 6.27. The van der Waals surface area contributed by atoms with E-state index in [-0.39, 0.29) is 11.7 Å². The van der Waals surface area contributed by atoms with Gasteiger partial charge in [-0.25, -0.2) is 4.39 Å². The molecule has 2 aromatic rings. The van der Waals surface area contributed by atoms with Crippen LogP contribution >= 0.6 is 0 Å². The average molecular weight is 273 g/mol. The monoisotopic (exact) mass is 273 g/mol. The second kappa shape index (κ2) is 6.19. The van der Waals surface area contributed by atoms with E-state index in [1.807, 2.05) is 6.07 Å².